The van der Waals surface area contributed by atoms with Crippen molar-refractivity contribution in [2.75, 3.05) is 6.61 Å². The van der Waals surface area contributed by atoms with Crippen LogP contribution < -0.4 is 5.32 Å². The second kappa shape index (κ2) is 6.97. The van der Waals surface area contributed by atoms with Crippen LogP contribution in [-0.4, -0.2) is 63.6 Å². The van der Waals surface area contributed by atoms with Gasteiger partial charge in [-0.15, -0.1) is 0 Å². The highest BCUT2D eigenvalue weighted by atomic mass is 16.6. The first-order valence-corrected chi connectivity index (χ1v) is 6.53. The van der Waals surface area contributed by atoms with Crippen LogP contribution in [0, 0.1) is 0 Å². The molecule has 7 nitrogen and oxygen atoms in total. The minimum absolute atomic E-state index is 0.453. The summed E-state index contributed by atoms with van der Waals surface area (Å²) >= 11 is 0. The Bertz CT molecular complexity index is 501. The van der Waals surface area contributed by atoms with E-state index in [0.717, 1.165) is 0 Å². The summed E-state index contributed by atoms with van der Waals surface area (Å²) < 4.78 is 12.8. The van der Waals surface area contributed by atoms with Crippen molar-refractivity contribution >= 4 is 5.91 Å². The molecular weight excluding hydrogens is 278 g/mol. The first-order valence-electron chi connectivity index (χ1n) is 7.11. The Labute approximate surface area is 123 Å². The molecule has 5 N–H and O–H groups in total. The molecule has 6 atom stereocenters. The third kappa shape index (κ3) is 3.78. The molecular formula is C14H19NO6. The minimum Gasteiger partial charge on any atom is -0.394 e. The van der Waals surface area contributed by atoms with E-state index in [1.807, 2.05) is 0 Å². The van der Waals surface area contributed by atoms with Crippen LogP contribution >= 0.6 is 0 Å². The topological polar surface area (TPSA) is 119 Å². The molecule has 1 aromatic carbocycles. The Morgan fingerprint density at radius 3 is 2.52 bits per heavy atom. The molecule has 2 rings (SSSR count). The zero-order valence-electron chi connectivity index (χ0n) is 12.2. The normalized spacial score (nSPS) is 34.9. The van der Waals surface area contributed by atoms with Crippen LogP contribution in [0.4, 0.5) is 0 Å². The summed E-state index contributed by atoms with van der Waals surface area (Å²) in [4.78, 5) is 12.1. The van der Waals surface area contributed by atoms with E-state index < -0.39 is 49.6 Å². The first-order chi connectivity index (χ1) is 10.5. The Morgan fingerprint density at radius 1 is 1.24 bits per heavy atom. The summed E-state index contributed by atoms with van der Waals surface area (Å²) in [5, 5.41) is 40.7. The molecule has 0 bridgehead atoms. The summed E-state index contributed by atoms with van der Waals surface area (Å²) in [7, 11) is 0. The van der Waals surface area contributed by atoms with Crippen molar-refractivity contribution in [1.82, 2.24) is 5.32 Å². The van der Waals surface area contributed by atoms with Crippen LogP contribution in [0.3, 0.4) is 0 Å². The van der Waals surface area contributed by atoms with Crippen molar-refractivity contribution in [2.24, 2.45) is 0 Å². The molecule has 1 aliphatic heterocycles. The van der Waals surface area contributed by atoms with Gasteiger partial charge in [0.1, 0.15) is 24.4 Å². The van der Waals surface area contributed by atoms with E-state index in [1.165, 1.54) is 0 Å². The van der Waals surface area contributed by atoms with E-state index in [-0.39, 0.29) is 0 Å². The molecule has 0 saturated carbocycles. The number of ether oxygens (including phenoxy) is 1. The molecule has 0 spiro atoms. The molecule has 0 aliphatic carbocycles. The Kier molecular flexibility index (Phi) is 4.79. The molecule has 0 aromatic heterocycles. The van der Waals surface area contributed by atoms with Gasteiger partial charge < -0.3 is 30.5 Å². The Hall–Kier alpha value is -1.51. The number of rotatable bonds is 4. The van der Waals surface area contributed by atoms with E-state index in [4.69, 9.17) is 11.2 Å². The zero-order chi connectivity index (χ0) is 16.3. The van der Waals surface area contributed by atoms with Gasteiger partial charge in [0.05, 0.1) is 13.0 Å². The number of carbonyl (C=O) groups excluding carboxylic acids is 1. The van der Waals surface area contributed by atoms with Crippen LogP contribution in [0.2, 0.25) is 0 Å². The number of benzene rings is 1. The van der Waals surface area contributed by atoms with E-state index in [1.54, 1.807) is 30.3 Å². The molecule has 21 heavy (non-hydrogen) atoms. The van der Waals surface area contributed by atoms with Gasteiger partial charge in [0.25, 0.3) is 0 Å². The van der Waals surface area contributed by atoms with Gasteiger partial charge in [0, 0.05) is 1.37 Å². The molecule has 1 heterocycles. The highest BCUT2D eigenvalue weighted by molar-refractivity contribution is 5.79. The lowest BCUT2D eigenvalue weighted by atomic mass is 9.97. The molecule has 1 aliphatic rings. The number of hydrogen-bond acceptors (Lipinski definition) is 6. The van der Waals surface area contributed by atoms with Crippen LogP contribution in [0.1, 0.15) is 6.93 Å². The van der Waals surface area contributed by atoms with E-state index in [2.05, 4.69) is 5.32 Å². The predicted molar refractivity (Wildman–Crippen MR) is 72.1 cm³/mol. The third-order valence-corrected chi connectivity index (χ3v) is 3.31. The van der Waals surface area contributed by atoms with Crippen LogP contribution in [0.25, 0.3) is 0 Å². The SMILES string of the molecule is [2H]C(C(=O)N[C@H]1C(O)O[C@H](CO)[C@@H](O)[C@@H]1O)c1ccccc1. The standard InChI is InChI=1S/C14H19NO6/c16-7-9-12(18)13(19)11(14(20)21-9)15-10(17)6-8-4-2-1-3-5-8/h1-5,9,11-14,16,18-20H,6-7H2,(H,15,17)/t9-,11-,12-,13-,14?/m1/s1/i6D/t6?,9-,11-,12-,13-,14?. The number of aliphatic hydroxyl groups excluding tert-OH is 4. The lowest BCUT2D eigenvalue weighted by Gasteiger charge is -2.40. The first kappa shape index (κ1) is 14.4. The van der Waals surface area contributed by atoms with Crippen LogP contribution in [0.5, 0.6) is 0 Å². The van der Waals surface area contributed by atoms with E-state index in [0.29, 0.717) is 5.56 Å². The van der Waals surface area contributed by atoms with Gasteiger partial charge >= 0.3 is 0 Å². The van der Waals surface area contributed by atoms with Crippen molar-refractivity contribution in [3.8, 4) is 0 Å². The van der Waals surface area contributed by atoms with Crippen molar-refractivity contribution in [1.29, 1.82) is 0 Å². The van der Waals surface area contributed by atoms with Crippen molar-refractivity contribution in [2.45, 2.75) is 37.0 Å². The van der Waals surface area contributed by atoms with Gasteiger partial charge in [-0.3, -0.25) is 4.79 Å². The zero-order valence-corrected chi connectivity index (χ0v) is 11.2. The fraction of sp³-hybridized carbons (Fsp3) is 0.500. The number of nitrogens with one attached hydrogen (secondary N) is 1. The maximum Gasteiger partial charge on any atom is 0.224 e. The molecule has 116 valence electrons. The lowest BCUT2D eigenvalue weighted by molar-refractivity contribution is -0.253. The maximum absolute atomic E-state index is 12.1. The smallest absolute Gasteiger partial charge is 0.224 e. The largest absolute Gasteiger partial charge is 0.394 e. The minimum atomic E-state index is -1.59. The van der Waals surface area contributed by atoms with Crippen molar-refractivity contribution in [3.63, 3.8) is 0 Å². The summed E-state index contributed by atoms with van der Waals surface area (Å²) in [5.74, 6) is -0.743. The summed E-state index contributed by atoms with van der Waals surface area (Å²) in [6, 6.07) is 7.06. The molecule has 1 amide bonds. The van der Waals surface area contributed by atoms with Crippen LogP contribution in [0.15, 0.2) is 30.3 Å². The summed E-state index contributed by atoms with van der Waals surface area (Å²) in [6.07, 6.45) is -6.96. The third-order valence-electron chi connectivity index (χ3n) is 3.31. The highest BCUT2D eigenvalue weighted by Gasteiger charge is 2.44. The average Bonchev–Trinajstić information content (AvgIpc) is 2.54. The van der Waals surface area contributed by atoms with Gasteiger partial charge in [0.15, 0.2) is 6.29 Å². The van der Waals surface area contributed by atoms with Crippen LogP contribution in [-0.2, 0) is 15.9 Å². The number of carbonyl (C=O) groups is 1. The second-order valence-corrected chi connectivity index (χ2v) is 4.82. The van der Waals surface area contributed by atoms with Crippen molar-refractivity contribution in [3.05, 3.63) is 35.9 Å². The second-order valence-electron chi connectivity index (χ2n) is 4.82. The van der Waals surface area contributed by atoms with Gasteiger partial charge in [0.2, 0.25) is 5.91 Å². The monoisotopic (exact) mass is 298 g/mol. The average molecular weight is 298 g/mol. The summed E-state index contributed by atoms with van der Waals surface area (Å²) in [5.41, 5.74) is 0.453. The molecule has 1 saturated heterocycles. The van der Waals surface area contributed by atoms with Gasteiger partial charge in [-0.05, 0) is 5.56 Å². The van der Waals surface area contributed by atoms with Gasteiger partial charge in [-0.1, -0.05) is 30.3 Å². The fourth-order valence-electron chi connectivity index (χ4n) is 2.16. The van der Waals surface area contributed by atoms with Crippen molar-refractivity contribution < 1.29 is 31.3 Å². The Balaban J connectivity index is 2.04. The van der Waals surface area contributed by atoms with E-state index in [9.17, 15) is 20.1 Å². The predicted octanol–water partition coefficient (Wildman–Crippen LogP) is -1.85. The number of hydrogen-bond donors (Lipinski definition) is 5. The Morgan fingerprint density at radius 2 is 1.90 bits per heavy atom. The van der Waals surface area contributed by atoms with Gasteiger partial charge in [-0.2, -0.15) is 0 Å². The highest BCUT2D eigenvalue weighted by Crippen LogP contribution is 2.19. The maximum atomic E-state index is 12.1. The molecule has 1 aromatic rings. The van der Waals surface area contributed by atoms with E-state index >= 15 is 0 Å². The fourth-order valence-corrected chi connectivity index (χ4v) is 2.16. The molecule has 2 unspecified atom stereocenters. The molecule has 1 fully saturated rings. The molecule has 0 radical (unpaired) electrons. The number of aliphatic hydroxyl groups is 4. The summed E-state index contributed by atoms with van der Waals surface area (Å²) in [6.45, 7) is -0.582. The lowest BCUT2D eigenvalue weighted by Crippen LogP contribution is -2.64. The van der Waals surface area contributed by atoms with Gasteiger partial charge in [-0.25, -0.2) is 0 Å². The molecule has 7 heteroatoms. The number of amides is 1. The quantitative estimate of drug-likeness (QED) is 0.445.